The molecule has 0 aromatic carbocycles. The molecule has 1 saturated heterocycles. The average molecular weight is 184 g/mol. The second kappa shape index (κ2) is 6.39. The van der Waals surface area contributed by atoms with Crippen LogP contribution in [0.4, 0.5) is 0 Å². The van der Waals surface area contributed by atoms with Crippen molar-refractivity contribution in [2.75, 3.05) is 32.7 Å². The molecule has 0 aromatic heterocycles. The average Bonchev–Trinajstić information content (AvgIpc) is 2.51. The summed E-state index contributed by atoms with van der Waals surface area (Å²) >= 11 is 0. The lowest BCUT2D eigenvalue weighted by Gasteiger charge is -2.14. The van der Waals surface area contributed by atoms with Gasteiger partial charge in [-0.1, -0.05) is 13.8 Å². The molecule has 1 atom stereocenters. The number of likely N-dealkylation sites (tertiary alicyclic amines) is 1. The normalized spacial score (nSPS) is 24.0. The van der Waals surface area contributed by atoms with Crippen LogP contribution in [0.5, 0.6) is 0 Å². The Balaban J connectivity index is 1.88. The molecule has 0 amide bonds. The highest BCUT2D eigenvalue weighted by atomic mass is 15.1. The van der Waals surface area contributed by atoms with Crippen molar-refractivity contribution >= 4 is 0 Å². The summed E-state index contributed by atoms with van der Waals surface area (Å²) in [4.78, 5) is 2.60. The van der Waals surface area contributed by atoms with Gasteiger partial charge in [0.2, 0.25) is 0 Å². The lowest BCUT2D eigenvalue weighted by Crippen LogP contribution is -2.25. The molecule has 0 bridgehead atoms. The van der Waals surface area contributed by atoms with Crippen LogP contribution in [-0.4, -0.2) is 37.6 Å². The van der Waals surface area contributed by atoms with Crippen LogP contribution in [-0.2, 0) is 0 Å². The minimum Gasteiger partial charge on any atom is -0.317 e. The third kappa shape index (κ3) is 4.63. The SMILES string of the molecule is CCCNCCCN1CCC(C)C1. The van der Waals surface area contributed by atoms with Gasteiger partial charge >= 0.3 is 0 Å². The molecule has 0 saturated carbocycles. The van der Waals surface area contributed by atoms with E-state index in [2.05, 4.69) is 24.1 Å². The Labute approximate surface area is 82.7 Å². The Kier molecular flexibility index (Phi) is 5.40. The van der Waals surface area contributed by atoms with E-state index in [4.69, 9.17) is 0 Å². The molecule has 0 aliphatic carbocycles. The van der Waals surface area contributed by atoms with Crippen LogP contribution in [0.15, 0.2) is 0 Å². The summed E-state index contributed by atoms with van der Waals surface area (Å²) in [6, 6.07) is 0. The van der Waals surface area contributed by atoms with Crippen LogP contribution in [0.25, 0.3) is 0 Å². The molecule has 2 nitrogen and oxygen atoms in total. The van der Waals surface area contributed by atoms with Gasteiger partial charge in [0.1, 0.15) is 0 Å². The molecule has 1 rings (SSSR count). The topological polar surface area (TPSA) is 15.3 Å². The summed E-state index contributed by atoms with van der Waals surface area (Å²) in [7, 11) is 0. The summed E-state index contributed by atoms with van der Waals surface area (Å²) < 4.78 is 0. The molecule has 0 aromatic rings. The second-order valence-corrected chi connectivity index (χ2v) is 4.30. The van der Waals surface area contributed by atoms with Crippen molar-refractivity contribution in [1.82, 2.24) is 10.2 Å². The van der Waals surface area contributed by atoms with Gasteiger partial charge < -0.3 is 10.2 Å². The molecule has 1 aliphatic rings. The molecule has 2 heteroatoms. The first-order chi connectivity index (χ1) is 6.33. The molecule has 1 heterocycles. The summed E-state index contributed by atoms with van der Waals surface area (Å²) in [5, 5.41) is 3.44. The predicted molar refractivity (Wildman–Crippen MR) is 58.0 cm³/mol. The molecule has 0 spiro atoms. The Morgan fingerprint density at radius 2 is 2.23 bits per heavy atom. The quantitative estimate of drug-likeness (QED) is 0.632. The van der Waals surface area contributed by atoms with Crippen molar-refractivity contribution in [1.29, 1.82) is 0 Å². The first kappa shape index (κ1) is 11.0. The van der Waals surface area contributed by atoms with Gasteiger partial charge in [-0.15, -0.1) is 0 Å². The van der Waals surface area contributed by atoms with Crippen LogP contribution >= 0.6 is 0 Å². The highest BCUT2D eigenvalue weighted by molar-refractivity contribution is 4.71. The molecule has 13 heavy (non-hydrogen) atoms. The number of nitrogens with zero attached hydrogens (tertiary/aromatic N) is 1. The maximum atomic E-state index is 3.44. The van der Waals surface area contributed by atoms with Gasteiger partial charge in [-0.05, 0) is 51.4 Å². The molecule has 1 aliphatic heterocycles. The third-order valence-electron chi connectivity index (χ3n) is 2.76. The predicted octanol–water partition coefficient (Wildman–Crippen LogP) is 1.72. The zero-order valence-corrected chi connectivity index (χ0v) is 9.18. The molecular formula is C11H24N2. The Hall–Kier alpha value is -0.0800. The van der Waals surface area contributed by atoms with Crippen LogP contribution in [0.2, 0.25) is 0 Å². The molecule has 1 unspecified atom stereocenters. The molecule has 1 fully saturated rings. The van der Waals surface area contributed by atoms with Gasteiger partial charge in [0, 0.05) is 6.54 Å². The summed E-state index contributed by atoms with van der Waals surface area (Å²) in [6.07, 6.45) is 3.97. The van der Waals surface area contributed by atoms with Crippen LogP contribution in [0.1, 0.15) is 33.1 Å². The minimum absolute atomic E-state index is 0.934. The number of nitrogens with one attached hydrogen (secondary N) is 1. The highest BCUT2D eigenvalue weighted by Crippen LogP contribution is 2.14. The summed E-state index contributed by atoms with van der Waals surface area (Å²) in [6.45, 7) is 10.9. The maximum Gasteiger partial charge on any atom is 0.000750 e. The van der Waals surface area contributed by atoms with Gasteiger partial charge in [0.25, 0.3) is 0 Å². The standard InChI is InChI=1S/C11H24N2/c1-3-6-12-7-4-8-13-9-5-11(2)10-13/h11-12H,3-10H2,1-2H3. The van der Waals surface area contributed by atoms with Gasteiger partial charge in [-0.2, -0.15) is 0 Å². The van der Waals surface area contributed by atoms with Crippen LogP contribution < -0.4 is 5.32 Å². The number of rotatable bonds is 6. The van der Waals surface area contributed by atoms with E-state index in [0.717, 1.165) is 5.92 Å². The van der Waals surface area contributed by atoms with Crippen LogP contribution in [0, 0.1) is 5.92 Å². The fraction of sp³-hybridized carbons (Fsp3) is 1.00. The van der Waals surface area contributed by atoms with Crippen molar-refractivity contribution in [3.63, 3.8) is 0 Å². The molecule has 1 N–H and O–H groups in total. The zero-order chi connectivity index (χ0) is 9.52. The monoisotopic (exact) mass is 184 g/mol. The van der Waals surface area contributed by atoms with E-state index < -0.39 is 0 Å². The maximum absolute atomic E-state index is 3.44. The Bertz CT molecular complexity index is 125. The van der Waals surface area contributed by atoms with Crippen LogP contribution in [0.3, 0.4) is 0 Å². The Morgan fingerprint density at radius 1 is 1.38 bits per heavy atom. The second-order valence-electron chi connectivity index (χ2n) is 4.30. The molecule has 0 radical (unpaired) electrons. The fourth-order valence-electron chi connectivity index (χ4n) is 1.96. The van der Waals surface area contributed by atoms with Crippen molar-refractivity contribution in [2.24, 2.45) is 5.92 Å². The van der Waals surface area contributed by atoms with Crippen molar-refractivity contribution in [2.45, 2.75) is 33.1 Å². The minimum atomic E-state index is 0.934. The van der Waals surface area contributed by atoms with E-state index in [1.807, 2.05) is 0 Å². The van der Waals surface area contributed by atoms with E-state index in [1.165, 1.54) is 52.0 Å². The van der Waals surface area contributed by atoms with Crippen molar-refractivity contribution in [3.05, 3.63) is 0 Å². The third-order valence-corrected chi connectivity index (χ3v) is 2.76. The lowest BCUT2D eigenvalue weighted by molar-refractivity contribution is 0.321. The van der Waals surface area contributed by atoms with Crippen molar-refractivity contribution < 1.29 is 0 Å². The smallest absolute Gasteiger partial charge is 0.000750 e. The van der Waals surface area contributed by atoms with Gasteiger partial charge in [0.05, 0.1) is 0 Å². The van der Waals surface area contributed by atoms with E-state index in [-0.39, 0.29) is 0 Å². The van der Waals surface area contributed by atoms with Gasteiger partial charge in [-0.3, -0.25) is 0 Å². The number of hydrogen-bond acceptors (Lipinski definition) is 2. The molecular weight excluding hydrogens is 160 g/mol. The fourth-order valence-corrected chi connectivity index (χ4v) is 1.96. The largest absolute Gasteiger partial charge is 0.317 e. The van der Waals surface area contributed by atoms with Gasteiger partial charge in [0.15, 0.2) is 0 Å². The number of hydrogen-bond donors (Lipinski definition) is 1. The molecule has 78 valence electrons. The Morgan fingerprint density at radius 3 is 2.85 bits per heavy atom. The van der Waals surface area contributed by atoms with E-state index >= 15 is 0 Å². The highest BCUT2D eigenvalue weighted by Gasteiger charge is 2.17. The van der Waals surface area contributed by atoms with E-state index in [1.54, 1.807) is 0 Å². The first-order valence-electron chi connectivity index (χ1n) is 5.76. The van der Waals surface area contributed by atoms with Gasteiger partial charge in [-0.25, -0.2) is 0 Å². The summed E-state index contributed by atoms with van der Waals surface area (Å²) in [5.41, 5.74) is 0. The lowest BCUT2D eigenvalue weighted by atomic mass is 10.2. The van der Waals surface area contributed by atoms with Crippen molar-refractivity contribution in [3.8, 4) is 0 Å². The first-order valence-corrected chi connectivity index (χ1v) is 5.76. The van der Waals surface area contributed by atoms with E-state index in [9.17, 15) is 0 Å². The van der Waals surface area contributed by atoms with E-state index in [0.29, 0.717) is 0 Å². The zero-order valence-electron chi connectivity index (χ0n) is 9.18. The summed E-state index contributed by atoms with van der Waals surface area (Å²) in [5.74, 6) is 0.934.